The number of aliphatic hydroxyl groups excluding tert-OH is 1. The third-order valence-electron chi connectivity index (χ3n) is 7.36. The van der Waals surface area contributed by atoms with E-state index in [0.29, 0.717) is 18.9 Å². The highest BCUT2D eigenvalue weighted by Gasteiger charge is 2.44. The molecule has 38 heavy (non-hydrogen) atoms. The van der Waals surface area contributed by atoms with Crippen molar-refractivity contribution in [3.05, 3.63) is 64.5 Å². The molecular weight excluding hydrogens is 516 g/mol. The van der Waals surface area contributed by atoms with Crippen LogP contribution < -0.4 is 5.32 Å². The van der Waals surface area contributed by atoms with Gasteiger partial charge in [-0.1, -0.05) is 6.92 Å². The zero-order valence-electron chi connectivity index (χ0n) is 20.4. The molecular formula is C26H27F6N3O3. The fourth-order valence-corrected chi connectivity index (χ4v) is 5.30. The van der Waals surface area contributed by atoms with Crippen LogP contribution in [-0.2, 0) is 17.6 Å². The minimum absolute atomic E-state index is 0.0486. The highest BCUT2D eigenvalue weighted by atomic mass is 19.4. The van der Waals surface area contributed by atoms with Gasteiger partial charge in [-0.15, -0.1) is 0 Å². The number of carbonyl (C=O) groups excluding carboxylic acids is 2. The molecule has 0 spiro atoms. The molecule has 4 rings (SSSR count). The zero-order chi connectivity index (χ0) is 27.8. The highest BCUT2D eigenvalue weighted by Crippen LogP contribution is 2.41. The SMILES string of the molecule is CC[C@@H]1CC[C@H](C(=O)N[C@@H](c2cc(F)c(C(F)(F)F)cc2F)C2CC(O)C2)N1C(=O)c1ccnc(CF)c1. The Morgan fingerprint density at radius 2 is 1.87 bits per heavy atom. The van der Waals surface area contributed by atoms with Crippen molar-refractivity contribution >= 4 is 11.8 Å². The summed E-state index contributed by atoms with van der Waals surface area (Å²) in [6, 6.07) is 0.647. The minimum atomic E-state index is -5.11. The fourth-order valence-electron chi connectivity index (χ4n) is 5.30. The quantitative estimate of drug-likeness (QED) is 0.489. The summed E-state index contributed by atoms with van der Waals surface area (Å²) in [6.45, 7) is 0.954. The lowest BCUT2D eigenvalue weighted by Crippen LogP contribution is -2.51. The average Bonchev–Trinajstić information content (AvgIpc) is 3.30. The van der Waals surface area contributed by atoms with Crippen molar-refractivity contribution in [2.75, 3.05) is 0 Å². The summed E-state index contributed by atoms with van der Waals surface area (Å²) in [7, 11) is 0. The van der Waals surface area contributed by atoms with E-state index in [2.05, 4.69) is 10.3 Å². The number of alkyl halides is 4. The molecule has 0 radical (unpaired) electrons. The maximum atomic E-state index is 14.9. The molecule has 3 atom stereocenters. The van der Waals surface area contributed by atoms with Gasteiger partial charge in [0, 0.05) is 23.4 Å². The van der Waals surface area contributed by atoms with Gasteiger partial charge in [0.25, 0.3) is 5.91 Å². The number of hydrogen-bond donors (Lipinski definition) is 2. The number of halogens is 6. The molecule has 6 nitrogen and oxygen atoms in total. The number of benzene rings is 1. The first kappa shape index (κ1) is 27.9. The standard InChI is InChI=1S/C26H27F6N3O3/c1-2-16-3-4-22(35(16)25(38)13-5-6-33-15(7-13)12-27)24(37)34-23(14-8-17(36)9-14)18-10-21(29)19(11-20(18)28)26(30,31)32/h5-7,10-11,14,16-17,22-23,36H,2-4,8-9,12H2,1H3,(H,34,37)/t14?,16-,17?,22-,23-/m1/s1. The number of amides is 2. The van der Waals surface area contributed by atoms with Crippen molar-refractivity contribution in [2.45, 2.75) is 76.1 Å². The second-order valence-electron chi connectivity index (χ2n) is 9.76. The van der Waals surface area contributed by atoms with Crippen LogP contribution in [0.25, 0.3) is 0 Å². The second kappa shape index (κ2) is 10.9. The lowest BCUT2D eigenvalue weighted by atomic mass is 9.74. The lowest BCUT2D eigenvalue weighted by Gasteiger charge is -2.39. The zero-order valence-corrected chi connectivity index (χ0v) is 20.4. The summed E-state index contributed by atoms with van der Waals surface area (Å²) in [5, 5.41) is 12.4. The van der Waals surface area contributed by atoms with Crippen LogP contribution in [0, 0.1) is 17.6 Å². The Kier molecular flexibility index (Phi) is 8.01. The van der Waals surface area contributed by atoms with Crippen LogP contribution in [0.3, 0.4) is 0 Å². The number of aromatic nitrogens is 1. The van der Waals surface area contributed by atoms with Crippen LogP contribution in [-0.4, -0.2) is 45.0 Å². The normalized spacial score (nSPS) is 24.2. The maximum absolute atomic E-state index is 14.9. The van der Waals surface area contributed by atoms with Crippen LogP contribution >= 0.6 is 0 Å². The van der Waals surface area contributed by atoms with E-state index in [-0.39, 0.29) is 42.6 Å². The molecule has 12 heteroatoms. The van der Waals surface area contributed by atoms with Crippen molar-refractivity contribution in [3.8, 4) is 0 Å². The Bertz CT molecular complexity index is 1200. The molecule has 1 aliphatic heterocycles. The maximum Gasteiger partial charge on any atom is 0.419 e. The third kappa shape index (κ3) is 5.50. The first-order valence-corrected chi connectivity index (χ1v) is 12.3. The predicted molar refractivity (Wildman–Crippen MR) is 123 cm³/mol. The number of carbonyl (C=O) groups is 2. The molecule has 2 N–H and O–H groups in total. The smallest absolute Gasteiger partial charge is 0.393 e. The van der Waals surface area contributed by atoms with E-state index in [4.69, 9.17) is 0 Å². The van der Waals surface area contributed by atoms with Crippen LogP contribution in [0.1, 0.15) is 72.2 Å². The number of pyridine rings is 1. The van der Waals surface area contributed by atoms with Gasteiger partial charge in [-0.25, -0.2) is 13.2 Å². The Hall–Kier alpha value is -3.15. The summed E-state index contributed by atoms with van der Waals surface area (Å²) in [5.74, 6) is -4.78. The van der Waals surface area contributed by atoms with E-state index in [1.54, 1.807) is 0 Å². The van der Waals surface area contributed by atoms with Crippen molar-refractivity contribution in [1.29, 1.82) is 0 Å². The predicted octanol–water partition coefficient (Wildman–Crippen LogP) is 4.86. The number of hydrogen-bond acceptors (Lipinski definition) is 4. The van der Waals surface area contributed by atoms with E-state index >= 15 is 0 Å². The van der Waals surface area contributed by atoms with E-state index < -0.39 is 71.5 Å². The molecule has 1 aliphatic carbocycles. The van der Waals surface area contributed by atoms with E-state index in [9.17, 15) is 41.0 Å². The van der Waals surface area contributed by atoms with Crippen molar-refractivity contribution in [3.63, 3.8) is 0 Å². The summed E-state index contributed by atoms with van der Waals surface area (Å²) in [4.78, 5) is 32.1. The minimum Gasteiger partial charge on any atom is -0.393 e. The molecule has 2 amide bonds. The van der Waals surface area contributed by atoms with Crippen LogP contribution in [0.2, 0.25) is 0 Å². The molecule has 206 valence electrons. The molecule has 1 saturated carbocycles. The van der Waals surface area contributed by atoms with Gasteiger partial charge in [-0.3, -0.25) is 14.6 Å². The Morgan fingerprint density at radius 1 is 1.16 bits per heavy atom. The molecule has 2 fully saturated rings. The Balaban J connectivity index is 1.63. The number of aliphatic hydroxyl groups is 1. The summed E-state index contributed by atoms with van der Waals surface area (Å²) in [6.07, 6.45) is -3.04. The van der Waals surface area contributed by atoms with E-state index in [0.717, 1.165) is 0 Å². The van der Waals surface area contributed by atoms with E-state index in [1.807, 2.05) is 6.92 Å². The molecule has 2 aliphatic rings. The van der Waals surface area contributed by atoms with Gasteiger partial charge in [0.2, 0.25) is 5.91 Å². The second-order valence-corrected chi connectivity index (χ2v) is 9.76. The third-order valence-corrected chi connectivity index (χ3v) is 7.36. The molecule has 1 aromatic carbocycles. The molecule has 1 saturated heterocycles. The monoisotopic (exact) mass is 543 g/mol. The van der Waals surface area contributed by atoms with Gasteiger partial charge in [0.05, 0.1) is 23.4 Å². The number of likely N-dealkylation sites (tertiary alicyclic amines) is 1. The fraction of sp³-hybridized carbons (Fsp3) is 0.500. The van der Waals surface area contributed by atoms with Gasteiger partial charge in [-0.2, -0.15) is 13.2 Å². The molecule has 2 aromatic rings. The number of rotatable bonds is 7. The van der Waals surface area contributed by atoms with Gasteiger partial charge >= 0.3 is 6.18 Å². The largest absolute Gasteiger partial charge is 0.419 e. The first-order chi connectivity index (χ1) is 17.9. The molecule has 0 bridgehead atoms. The van der Waals surface area contributed by atoms with E-state index in [1.165, 1.54) is 23.2 Å². The summed E-state index contributed by atoms with van der Waals surface area (Å²) in [5.41, 5.74) is -2.04. The van der Waals surface area contributed by atoms with Gasteiger partial charge < -0.3 is 15.3 Å². The number of nitrogens with zero attached hydrogens (tertiary/aromatic N) is 2. The van der Waals surface area contributed by atoms with Crippen molar-refractivity contribution in [2.24, 2.45) is 5.92 Å². The highest BCUT2D eigenvalue weighted by molar-refractivity contribution is 5.98. The van der Waals surface area contributed by atoms with Crippen LogP contribution in [0.5, 0.6) is 0 Å². The molecule has 2 heterocycles. The molecule has 1 aromatic heterocycles. The lowest BCUT2D eigenvalue weighted by molar-refractivity contribution is -0.140. The van der Waals surface area contributed by atoms with Crippen LogP contribution in [0.4, 0.5) is 26.3 Å². The van der Waals surface area contributed by atoms with Gasteiger partial charge in [0.15, 0.2) is 0 Å². The van der Waals surface area contributed by atoms with Gasteiger partial charge in [-0.05, 0) is 62.3 Å². The summed E-state index contributed by atoms with van der Waals surface area (Å²) < 4.78 is 81.6. The first-order valence-electron chi connectivity index (χ1n) is 12.3. The Labute approximate surface area is 215 Å². The topological polar surface area (TPSA) is 82.5 Å². The van der Waals surface area contributed by atoms with Crippen LogP contribution in [0.15, 0.2) is 30.5 Å². The Morgan fingerprint density at radius 3 is 2.47 bits per heavy atom. The summed E-state index contributed by atoms with van der Waals surface area (Å²) >= 11 is 0. The van der Waals surface area contributed by atoms with Gasteiger partial charge in [0.1, 0.15) is 24.4 Å². The average molecular weight is 544 g/mol. The number of nitrogens with one attached hydrogen (secondary N) is 1. The van der Waals surface area contributed by atoms with Crippen molar-refractivity contribution < 1.29 is 41.0 Å². The molecule has 0 unspecified atom stereocenters. The van der Waals surface area contributed by atoms with Crippen molar-refractivity contribution in [1.82, 2.24) is 15.2 Å².